The Labute approximate surface area is 235 Å². The lowest BCUT2D eigenvalue weighted by molar-refractivity contribution is -0.136. The Bertz CT molecular complexity index is 1620. The Hall–Kier alpha value is -3.88. The summed E-state index contributed by atoms with van der Waals surface area (Å²) < 4.78 is 8.08. The maximum Gasteiger partial charge on any atom is 0.358 e. The van der Waals surface area contributed by atoms with Gasteiger partial charge >= 0.3 is 10.8 Å². The second-order valence-corrected chi connectivity index (χ2v) is 10.5. The highest BCUT2D eigenvalue weighted by molar-refractivity contribution is 7.03. The summed E-state index contributed by atoms with van der Waals surface area (Å²) in [7, 11) is 1.35. The van der Waals surface area contributed by atoms with Gasteiger partial charge in [-0.15, -0.1) is 5.11 Å². The van der Waals surface area contributed by atoms with Gasteiger partial charge in [0.1, 0.15) is 5.54 Å². The van der Waals surface area contributed by atoms with Crippen LogP contribution in [0.1, 0.15) is 37.3 Å². The van der Waals surface area contributed by atoms with Crippen molar-refractivity contribution in [3.05, 3.63) is 110 Å². The molecule has 0 amide bonds. The van der Waals surface area contributed by atoms with Crippen LogP contribution in [-0.2, 0) is 21.5 Å². The number of carbonyl (C=O) groups excluding carboxylic acids is 1. The minimum Gasteiger partial charge on any atom is -0.464 e. The van der Waals surface area contributed by atoms with Crippen LogP contribution >= 0.6 is 23.1 Å². The highest BCUT2D eigenvalue weighted by Gasteiger charge is 2.44. The average Bonchev–Trinajstić information content (AvgIpc) is 3.56. The quantitative estimate of drug-likeness (QED) is 0.217. The summed E-state index contributed by atoms with van der Waals surface area (Å²) in [6.07, 6.45) is 2.97. The summed E-state index contributed by atoms with van der Waals surface area (Å²) in [4.78, 5) is 28.3. The minimum absolute atomic E-state index is 0.232. The fraction of sp³-hybridized carbons (Fsp3) is 0.233. The Morgan fingerprint density at radius 2 is 1.74 bits per heavy atom. The van der Waals surface area contributed by atoms with Crippen molar-refractivity contribution >= 4 is 29.1 Å². The van der Waals surface area contributed by atoms with E-state index in [1.807, 2.05) is 72.8 Å². The van der Waals surface area contributed by atoms with Crippen molar-refractivity contribution in [3.63, 3.8) is 0 Å². The van der Waals surface area contributed by atoms with E-state index < -0.39 is 11.5 Å². The van der Waals surface area contributed by atoms with Crippen LogP contribution in [0.15, 0.2) is 99.1 Å². The molecule has 0 spiro atoms. The topological polar surface area (TPSA) is 96.8 Å². The average molecular weight is 559 g/mol. The SMILES string of the molecule is CCCCC1(c2ccccc2Cl)N=NC(C(=O)OC)=C1Cc1ccc(-c2ccccc2-c2nc(=O)s[nH]2)cc1. The van der Waals surface area contributed by atoms with Crippen LogP contribution in [0.25, 0.3) is 22.5 Å². The van der Waals surface area contributed by atoms with Crippen LogP contribution in [0.2, 0.25) is 5.02 Å². The Kier molecular flexibility index (Phi) is 7.86. The zero-order valence-electron chi connectivity index (χ0n) is 21.6. The first-order valence-corrected chi connectivity index (χ1v) is 13.9. The number of esters is 1. The number of aromatic amines is 1. The van der Waals surface area contributed by atoms with Gasteiger partial charge in [-0.1, -0.05) is 98.1 Å². The number of halogens is 1. The fourth-order valence-electron chi connectivity index (χ4n) is 5.02. The standard InChI is InChI=1S/C30H27ClN4O3S/c1-3-4-17-30(23-11-7-8-12-25(23)31)24(26(33-35-30)28(36)38-2)18-19-13-15-20(16-14-19)21-9-5-6-10-22(21)27-32-29(37)39-34-27/h5-16H,3-4,17-18H2,1-2H3,(H,32,34,37). The molecule has 1 unspecified atom stereocenters. The van der Waals surface area contributed by atoms with Crippen molar-refractivity contribution in [2.75, 3.05) is 7.11 Å². The lowest BCUT2D eigenvalue weighted by atomic mass is 9.76. The molecule has 1 aromatic heterocycles. The van der Waals surface area contributed by atoms with E-state index in [9.17, 15) is 9.59 Å². The molecular weight excluding hydrogens is 532 g/mol. The molecule has 39 heavy (non-hydrogen) atoms. The minimum atomic E-state index is -0.848. The van der Waals surface area contributed by atoms with Gasteiger partial charge in [-0.25, -0.2) is 4.79 Å². The van der Waals surface area contributed by atoms with Crippen LogP contribution in [-0.4, -0.2) is 22.4 Å². The van der Waals surface area contributed by atoms with Crippen molar-refractivity contribution in [1.29, 1.82) is 0 Å². The molecule has 1 atom stereocenters. The van der Waals surface area contributed by atoms with Gasteiger partial charge in [0.05, 0.1) is 7.11 Å². The van der Waals surface area contributed by atoms with Crippen LogP contribution in [0.4, 0.5) is 0 Å². The molecule has 2 heterocycles. The second-order valence-electron chi connectivity index (χ2n) is 9.31. The Balaban J connectivity index is 1.54. The van der Waals surface area contributed by atoms with Gasteiger partial charge in [0, 0.05) is 33.3 Å². The maximum atomic E-state index is 12.8. The fourth-order valence-corrected chi connectivity index (χ4v) is 5.78. The first-order chi connectivity index (χ1) is 19.0. The highest BCUT2D eigenvalue weighted by atomic mass is 35.5. The molecule has 1 aliphatic heterocycles. The van der Waals surface area contributed by atoms with Gasteiger partial charge in [-0.05, 0) is 35.6 Å². The van der Waals surface area contributed by atoms with E-state index in [1.165, 1.54) is 7.11 Å². The predicted octanol–water partition coefficient (Wildman–Crippen LogP) is 7.34. The molecule has 5 rings (SSSR count). The number of aromatic nitrogens is 2. The molecule has 3 aromatic carbocycles. The molecule has 7 nitrogen and oxygen atoms in total. The van der Waals surface area contributed by atoms with Gasteiger partial charge in [0.2, 0.25) is 0 Å². The molecule has 9 heteroatoms. The van der Waals surface area contributed by atoms with Crippen molar-refractivity contribution < 1.29 is 9.53 Å². The van der Waals surface area contributed by atoms with Gasteiger partial charge < -0.3 is 4.74 Å². The van der Waals surface area contributed by atoms with Crippen LogP contribution in [0.5, 0.6) is 0 Å². The van der Waals surface area contributed by atoms with E-state index in [0.717, 1.165) is 57.8 Å². The molecule has 0 bridgehead atoms. The number of hydrogen-bond acceptors (Lipinski definition) is 7. The van der Waals surface area contributed by atoms with Gasteiger partial charge in [0.25, 0.3) is 0 Å². The third-order valence-corrected chi connectivity index (χ3v) is 7.85. The van der Waals surface area contributed by atoms with Crippen LogP contribution in [0.3, 0.4) is 0 Å². The summed E-state index contributed by atoms with van der Waals surface area (Å²) in [5.74, 6) is 0.0363. The lowest BCUT2D eigenvalue weighted by Gasteiger charge is -2.30. The predicted molar refractivity (Wildman–Crippen MR) is 154 cm³/mol. The normalized spacial score (nSPS) is 16.6. The number of benzene rings is 3. The van der Waals surface area contributed by atoms with Gasteiger partial charge in [-0.3, -0.25) is 9.17 Å². The van der Waals surface area contributed by atoms with Gasteiger partial charge in [0.15, 0.2) is 11.5 Å². The molecule has 1 aliphatic rings. The molecule has 4 aromatic rings. The Morgan fingerprint density at radius 3 is 2.41 bits per heavy atom. The van der Waals surface area contributed by atoms with E-state index in [4.69, 9.17) is 21.5 Å². The third kappa shape index (κ3) is 5.22. The van der Waals surface area contributed by atoms with Gasteiger partial charge in [-0.2, -0.15) is 10.1 Å². The number of rotatable bonds is 9. The Morgan fingerprint density at radius 1 is 1.03 bits per heavy atom. The summed E-state index contributed by atoms with van der Waals surface area (Å²) in [5, 5.41) is 9.65. The molecule has 0 fully saturated rings. The van der Waals surface area contributed by atoms with Crippen LogP contribution in [0, 0.1) is 0 Å². The van der Waals surface area contributed by atoms with E-state index >= 15 is 0 Å². The van der Waals surface area contributed by atoms with E-state index in [-0.39, 0.29) is 10.6 Å². The molecule has 198 valence electrons. The first kappa shape index (κ1) is 26.7. The summed E-state index contributed by atoms with van der Waals surface area (Å²) in [6.45, 7) is 2.12. The van der Waals surface area contributed by atoms with E-state index in [2.05, 4.69) is 21.4 Å². The largest absolute Gasteiger partial charge is 0.464 e. The van der Waals surface area contributed by atoms with Crippen molar-refractivity contribution in [1.82, 2.24) is 9.36 Å². The highest BCUT2D eigenvalue weighted by Crippen LogP contribution is 2.48. The number of hydrogen-bond donors (Lipinski definition) is 1. The van der Waals surface area contributed by atoms with Crippen molar-refractivity contribution in [2.24, 2.45) is 10.2 Å². The second kappa shape index (κ2) is 11.5. The maximum absolute atomic E-state index is 12.8. The molecule has 0 radical (unpaired) electrons. The number of unbranched alkanes of at least 4 members (excludes halogenated alkanes) is 1. The molecule has 0 aliphatic carbocycles. The third-order valence-electron chi connectivity index (χ3n) is 6.96. The van der Waals surface area contributed by atoms with Crippen molar-refractivity contribution in [2.45, 2.75) is 38.1 Å². The first-order valence-electron chi connectivity index (χ1n) is 12.7. The molecule has 1 N–H and O–H groups in total. The summed E-state index contributed by atoms with van der Waals surface area (Å²) in [5.41, 5.74) is 4.79. The van der Waals surface area contributed by atoms with Crippen LogP contribution < -0.4 is 4.87 Å². The summed E-state index contributed by atoms with van der Waals surface area (Å²) >= 11 is 7.66. The lowest BCUT2D eigenvalue weighted by Crippen LogP contribution is -2.27. The van der Waals surface area contributed by atoms with Crippen molar-refractivity contribution in [3.8, 4) is 22.5 Å². The number of azo groups is 1. The molecule has 0 saturated carbocycles. The zero-order chi connectivity index (χ0) is 27.4. The molecule has 0 saturated heterocycles. The molecular formula is C30H27ClN4O3S. The number of H-pyrrole nitrogens is 1. The number of ether oxygens (including phenoxy) is 1. The number of nitrogens with zero attached hydrogens (tertiary/aromatic N) is 3. The smallest absolute Gasteiger partial charge is 0.358 e. The van der Waals surface area contributed by atoms with E-state index in [0.29, 0.717) is 23.7 Å². The number of methoxy groups -OCH3 is 1. The number of carbonyl (C=O) groups is 1. The van der Waals surface area contributed by atoms with E-state index in [1.54, 1.807) is 0 Å². The zero-order valence-corrected chi connectivity index (χ0v) is 23.2. The monoisotopic (exact) mass is 558 g/mol. The summed E-state index contributed by atoms with van der Waals surface area (Å²) in [6, 6.07) is 23.6. The number of nitrogens with one attached hydrogen (secondary N) is 1.